The first-order valence-electron chi connectivity index (χ1n) is 9.38. The molecule has 3 rings (SSSR count). The summed E-state index contributed by atoms with van der Waals surface area (Å²) in [4.78, 5) is 27.6. The lowest BCUT2D eigenvalue weighted by atomic mass is 10.0. The Morgan fingerprint density at radius 1 is 1.34 bits per heavy atom. The lowest BCUT2D eigenvalue weighted by Crippen LogP contribution is -2.33. The highest BCUT2D eigenvalue weighted by molar-refractivity contribution is 6.06. The van der Waals surface area contributed by atoms with Gasteiger partial charge in [-0.25, -0.2) is 9.18 Å². The van der Waals surface area contributed by atoms with E-state index >= 15 is 0 Å². The Bertz CT molecular complexity index is 1140. The van der Waals surface area contributed by atoms with Gasteiger partial charge in [-0.05, 0) is 43.7 Å². The number of amides is 1. The van der Waals surface area contributed by atoms with Crippen LogP contribution in [0.2, 0.25) is 0 Å². The van der Waals surface area contributed by atoms with Crippen LogP contribution in [0.4, 0.5) is 9.18 Å². The van der Waals surface area contributed by atoms with Crippen molar-refractivity contribution in [2.75, 3.05) is 6.61 Å². The van der Waals surface area contributed by atoms with Gasteiger partial charge in [0.1, 0.15) is 0 Å². The molecule has 3 aromatic rings. The molecule has 0 saturated heterocycles. The number of aromatic nitrogens is 2. The average molecular weight is 401 g/mol. The normalized spacial score (nSPS) is 13.4. The highest BCUT2D eigenvalue weighted by atomic mass is 19.1. The molecule has 0 aliphatic carbocycles. The summed E-state index contributed by atoms with van der Waals surface area (Å²) in [5, 5.41) is 12.9. The number of nitrogens with one attached hydrogen (secondary N) is 1. The molecule has 2 N–H and O–H groups in total. The number of halogens is 1. The third-order valence-corrected chi connectivity index (χ3v) is 5.01. The maximum atomic E-state index is 14.7. The van der Waals surface area contributed by atoms with Crippen LogP contribution in [0.25, 0.3) is 21.7 Å². The van der Waals surface area contributed by atoms with Crippen molar-refractivity contribution in [1.82, 2.24) is 14.9 Å². The largest absolute Gasteiger partial charge is 0.490 e. The zero-order valence-electron chi connectivity index (χ0n) is 16.8. The smallest absolute Gasteiger partial charge is 0.404 e. The third-order valence-electron chi connectivity index (χ3n) is 5.01. The molecule has 8 heteroatoms. The summed E-state index contributed by atoms with van der Waals surface area (Å²) < 4.78 is 21.9. The van der Waals surface area contributed by atoms with Gasteiger partial charge in [0.2, 0.25) is 0 Å². The molecule has 0 bridgehead atoms. The number of hydrogen-bond donors (Lipinski definition) is 2. The summed E-state index contributed by atoms with van der Waals surface area (Å²) in [6.07, 6.45) is 1.08. The van der Waals surface area contributed by atoms with Crippen LogP contribution in [0.5, 0.6) is 5.75 Å². The second-order valence-electron chi connectivity index (χ2n) is 7.49. The number of carbonyl (C=O) groups is 1. The number of hydrogen-bond acceptors (Lipinski definition) is 4. The van der Waals surface area contributed by atoms with Crippen molar-refractivity contribution in [3.05, 3.63) is 46.3 Å². The fraction of sp³-hybridized carbons (Fsp3) is 0.381. The molecule has 154 valence electrons. The number of ether oxygens (including phenoxy) is 1. The van der Waals surface area contributed by atoms with E-state index in [1.807, 2.05) is 6.92 Å². The Morgan fingerprint density at radius 2 is 2.07 bits per heavy atom. The van der Waals surface area contributed by atoms with Gasteiger partial charge in [0.15, 0.2) is 11.6 Å². The number of aryl methyl sites for hydroxylation is 2. The molecule has 0 aliphatic rings. The fourth-order valence-corrected chi connectivity index (χ4v) is 3.66. The number of fused-ring (bicyclic) bond motifs is 3. The lowest BCUT2D eigenvalue weighted by Gasteiger charge is -2.18. The minimum absolute atomic E-state index is 0.00101. The molecule has 0 fully saturated rings. The van der Waals surface area contributed by atoms with E-state index in [9.17, 15) is 14.0 Å². The first-order chi connectivity index (χ1) is 13.7. The monoisotopic (exact) mass is 401 g/mol. The maximum absolute atomic E-state index is 14.7. The van der Waals surface area contributed by atoms with Gasteiger partial charge in [0.25, 0.3) is 5.56 Å². The molecule has 2 aromatic heterocycles. The van der Waals surface area contributed by atoms with Gasteiger partial charge in [-0.3, -0.25) is 9.78 Å². The van der Waals surface area contributed by atoms with Crippen molar-refractivity contribution in [3.8, 4) is 5.75 Å². The molecule has 0 spiro atoms. The molecular weight excluding hydrogens is 377 g/mol. The second-order valence-corrected chi connectivity index (χ2v) is 7.49. The third kappa shape index (κ3) is 4.16. The maximum Gasteiger partial charge on any atom is 0.404 e. The summed E-state index contributed by atoms with van der Waals surface area (Å²) >= 11 is 0. The standard InChI is InChI=1S/C21H24FN3O4/c1-11(7-12(2)24-21(27)28)10-29-18-9-17-15(8-16(18)22)14-5-6-23-13(3)19(14)20(26)25(17)4/h5-6,8-9,11-12,24H,7,10H2,1-4H3,(H,27,28). The van der Waals surface area contributed by atoms with E-state index in [0.717, 1.165) is 0 Å². The Morgan fingerprint density at radius 3 is 2.76 bits per heavy atom. The van der Waals surface area contributed by atoms with Gasteiger partial charge in [-0.1, -0.05) is 6.92 Å². The Balaban J connectivity index is 1.92. The molecule has 0 saturated carbocycles. The van der Waals surface area contributed by atoms with Crippen LogP contribution < -0.4 is 15.6 Å². The van der Waals surface area contributed by atoms with E-state index < -0.39 is 11.9 Å². The Hall–Kier alpha value is -3.16. The van der Waals surface area contributed by atoms with Crippen LogP contribution in [0, 0.1) is 18.7 Å². The van der Waals surface area contributed by atoms with Crippen molar-refractivity contribution in [2.24, 2.45) is 13.0 Å². The first-order valence-corrected chi connectivity index (χ1v) is 9.38. The minimum Gasteiger partial charge on any atom is -0.490 e. The summed E-state index contributed by atoms with van der Waals surface area (Å²) in [5.74, 6) is -0.458. The zero-order valence-corrected chi connectivity index (χ0v) is 16.8. The van der Waals surface area contributed by atoms with Gasteiger partial charge in [0.05, 0.1) is 23.2 Å². The van der Waals surface area contributed by atoms with Crippen molar-refractivity contribution < 1.29 is 19.0 Å². The molecule has 2 atom stereocenters. The molecule has 0 radical (unpaired) electrons. The zero-order chi connectivity index (χ0) is 21.3. The summed E-state index contributed by atoms with van der Waals surface area (Å²) in [6.45, 7) is 5.64. The van der Waals surface area contributed by atoms with Crippen molar-refractivity contribution >= 4 is 27.8 Å². The van der Waals surface area contributed by atoms with E-state index in [0.29, 0.717) is 33.8 Å². The molecule has 1 aromatic carbocycles. The van der Waals surface area contributed by atoms with Crippen LogP contribution in [0.15, 0.2) is 29.2 Å². The van der Waals surface area contributed by atoms with Gasteiger partial charge in [-0.15, -0.1) is 0 Å². The molecule has 29 heavy (non-hydrogen) atoms. The highest BCUT2D eigenvalue weighted by Crippen LogP contribution is 2.29. The molecule has 7 nitrogen and oxygen atoms in total. The SMILES string of the molecule is Cc1nccc2c1c(=O)n(C)c1cc(OCC(C)CC(C)NC(=O)O)c(F)cc21. The quantitative estimate of drug-likeness (QED) is 0.616. The van der Waals surface area contributed by atoms with Crippen LogP contribution >= 0.6 is 0 Å². The van der Waals surface area contributed by atoms with Crippen LogP contribution in [0.3, 0.4) is 0 Å². The topological polar surface area (TPSA) is 93.5 Å². The predicted molar refractivity (Wildman–Crippen MR) is 109 cm³/mol. The number of rotatable bonds is 6. The van der Waals surface area contributed by atoms with E-state index in [4.69, 9.17) is 9.84 Å². The predicted octanol–water partition coefficient (Wildman–Crippen LogP) is 3.60. The van der Waals surface area contributed by atoms with Crippen LogP contribution in [-0.4, -0.2) is 33.4 Å². The fourth-order valence-electron chi connectivity index (χ4n) is 3.66. The van der Waals surface area contributed by atoms with E-state index in [-0.39, 0.29) is 29.9 Å². The lowest BCUT2D eigenvalue weighted by molar-refractivity contribution is 0.185. The highest BCUT2D eigenvalue weighted by Gasteiger charge is 2.16. The van der Waals surface area contributed by atoms with Crippen molar-refractivity contribution in [1.29, 1.82) is 0 Å². The molecule has 2 unspecified atom stereocenters. The van der Waals surface area contributed by atoms with Gasteiger partial charge >= 0.3 is 6.09 Å². The molecule has 2 heterocycles. The number of pyridine rings is 2. The first kappa shape index (κ1) is 20.6. The van der Waals surface area contributed by atoms with Crippen LogP contribution in [-0.2, 0) is 7.05 Å². The average Bonchev–Trinajstić information content (AvgIpc) is 2.64. The van der Waals surface area contributed by atoms with Gasteiger partial charge in [0, 0.05) is 30.7 Å². The van der Waals surface area contributed by atoms with Gasteiger partial charge in [-0.2, -0.15) is 0 Å². The summed E-state index contributed by atoms with van der Waals surface area (Å²) in [7, 11) is 1.64. The number of nitrogens with zero attached hydrogens (tertiary/aromatic N) is 2. The van der Waals surface area contributed by atoms with E-state index in [2.05, 4.69) is 10.3 Å². The number of benzene rings is 1. The van der Waals surface area contributed by atoms with Crippen LogP contribution in [0.1, 0.15) is 26.0 Å². The second kappa shape index (κ2) is 8.06. The number of carboxylic acid groups (broad SMARTS) is 1. The van der Waals surface area contributed by atoms with E-state index in [1.165, 1.54) is 16.7 Å². The summed E-state index contributed by atoms with van der Waals surface area (Å²) in [6, 6.07) is 4.39. The van der Waals surface area contributed by atoms with Crippen molar-refractivity contribution in [2.45, 2.75) is 33.2 Å². The van der Waals surface area contributed by atoms with E-state index in [1.54, 1.807) is 33.2 Å². The molecular formula is C21H24FN3O4. The minimum atomic E-state index is -1.08. The van der Waals surface area contributed by atoms with Gasteiger partial charge < -0.3 is 19.7 Å². The molecule has 0 aliphatic heterocycles. The summed E-state index contributed by atoms with van der Waals surface area (Å²) in [5.41, 5.74) is 0.972. The van der Waals surface area contributed by atoms with Crippen molar-refractivity contribution in [3.63, 3.8) is 0 Å². The Kier molecular flexibility index (Phi) is 5.72. The Labute approximate surface area is 167 Å². The molecule has 1 amide bonds.